The number of hydrogen-bond donors (Lipinski definition) is 1. The van der Waals surface area contributed by atoms with Gasteiger partial charge in [0.15, 0.2) is 17.1 Å². The number of amides is 1. The summed E-state index contributed by atoms with van der Waals surface area (Å²) in [6, 6.07) is 15.5. The van der Waals surface area contributed by atoms with Crippen molar-refractivity contribution in [3.05, 3.63) is 76.5 Å². The molecule has 0 bridgehead atoms. The van der Waals surface area contributed by atoms with Crippen LogP contribution >= 0.6 is 0 Å². The Morgan fingerprint density at radius 2 is 1.89 bits per heavy atom. The van der Waals surface area contributed by atoms with Crippen molar-refractivity contribution in [2.24, 2.45) is 0 Å². The highest BCUT2D eigenvalue weighted by molar-refractivity contribution is 5.78. The number of carbonyl (C=O) groups excluding carboxylic acids is 1. The molecule has 2 aliphatic rings. The lowest BCUT2D eigenvalue weighted by Crippen LogP contribution is -2.31. The van der Waals surface area contributed by atoms with Crippen molar-refractivity contribution in [2.75, 3.05) is 19.8 Å². The van der Waals surface area contributed by atoms with Gasteiger partial charge in [-0.05, 0) is 42.7 Å². The van der Waals surface area contributed by atoms with Crippen LogP contribution in [0.3, 0.4) is 0 Å². The largest absolute Gasteiger partial charge is 0.490 e. The number of nitrogens with zero attached hydrogens (tertiary/aromatic N) is 4. The van der Waals surface area contributed by atoms with Crippen LogP contribution in [0.25, 0.3) is 16.7 Å². The van der Waals surface area contributed by atoms with Crippen LogP contribution in [0, 0.1) is 0 Å². The Bertz CT molecular complexity index is 1460. The fraction of sp³-hybridized carbons (Fsp3) is 0.333. The summed E-state index contributed by atoms with van der Waals surface area (Å²) in [6.07, 6.45) is 4.83. The number of hydrogen-bond acceptors (Lipinski definition) is 6. The SMILES string of the molecule is O=C(CCc1nc2c(cnn2-c2ccccc2)c(=O)[nH]1)N1CCC[C@@H]1c1ccc2c(c1)OCCCO2. The zero-order valence-corrected chi connectivity index (χ0v) is 19.9. The number of para-hydroxylation sites is 1. The van der Waals surface area contributed by atoms with Crippen LogP contribution in [0.1, 0.15) is 43.1 Å². The minimum Gasteiger partial charge on any atom is -0.490 e. The fourth-order valence-corrected chi connectivity index (χ4v) is 5.01. The number of carbonyl (C=O) groups is 1. The maximum atomic E-state index is 13.3. The third-order valence-electron chi connectivity index (χ3n) is 6.79. The maximum absolute atomic E-state index is 13.3. The molecule has 36 heavy (non-hydrogen) atoms. The monoisotopic (exact) mass is 485 g/mol. The molecule has 184 valence electrons. The summed E-state index contributed by atoms with van der Waals surface area (Å²) in [5.41, 5.74) is 2.11. The predicted molar refractivity (Wildman–Crippen MR) is 134 cm³/mol. The van der Waals surface area contributed by atoms with E-state index < -0.39 is 0 Å². The number of aromatic nitrogens is 4. The van der Waals surface area contributed by atoms with Gasteiger partial charge in [-0.3, -0.25) is 9.59 Å². The number of H-pyrrole nitrogens is 1. The third kappa shape index (κ3) is 4.21. The van der Waals surface area contributed by atoms with E-state index in [0.717, 1.165) is 42.0 Å². The number of nitrogens with one attached hydrogen (secondary N) is 1. The van der Waals surface area contributed by atoms with Gasteiger partial charge < -0.3 is 19.4 Å². The molecule has 0 saturated carbocycles. The second-order valence-electron chi connectivity index (χ2n) is 9.14. The Morgan fingerprint density at radius 3 is 2.75 bits per heavy atom. The van der Waals surface area contributed by atoms with E-state index in [0.29, 0.717) is 43.0 Å². The Morgan fingerprint density at radius 1 is 1.06 bits per heavy atom. The third-order valence-corrected chi connectivity index (χ3v) is 6.79. The van der Waals surface area contributed by atoms with Gasteiger partial charge in [-0.1, -0.05) is 24.3 Å². The van der Waals surface area contributed by atoms with Crippen molar-refractivity contribution >= 4 is 16.9 Å². The molecule has 1 N–H and O–H groups in total. The zero-order valence-electron chi connectivity index (χ0n) is 19.9. The van der Waals surface area contributed by atoms with Crippen LogP contribution < -0.4 is 15.0 Å². The normalized spacial score (nSPS) is 17.3. The molecule has 1 atom stereocenters. The van der Waals surface area contributed by atoms with E-state index >= 15 is 0 Å². The Hall–Kier alpha value is -4.14. The van der Waals surface area contributed by atoms with E-state index in [1.807, 2.05) is 53.4 Å². The molecule has 2 aromatic heterocycles. The van der Waals surface area contributed by atoms with Gasteiger partial charge in [0.05, 0.1) is 31.1 Å². The van der Waals surface area contributed by atoms with Crippen molar-refractivity contribution < 1.29 is 14.3 Å². The van der Waals surface area contributed by atoms with Gasteiger partial charge in [0.1, 0.15) is 11.2 Å². The molecule has 4 aromatic rings. The molecule has 2 aliphatic heterocycles. The van der Waals surface area contributed by atoms with Crippen LogP contribution in [0.15, 0.2) is 59.5 Å². The van der Waals surface area contributed by atoms with Crippen molar-refractivity contribution in [3.8, 4) is 17.2 Å². The van der Waals surface area contributed by atoms with Crippen molar-refractivity contribution in [3.63, 3.8) is 0 Å². The number of likely N-dealkylation sites (tertiary alicyclic amines) is 1. The van der Waals surface area contributed by atoms with E-state index in [9.17, 15) is 9.59 Å². The van der Waals surface area contributed by atoms with Crippen LogP contribution in [0.4, 0.5) is 0 Å². The fourth-order valence-electron chi connectivity index (χ4n) is 5.01. The molecule has 4 heterocycles. The van der Waals surface area contributed by atoms with Crippen LogP contribution in [0.5, 0.6) is 11.5 Å². The molecule has 6 rings (SSSR count). The van der Waals surface area contributed by atoms with E-state index in [-0.39, 0.29) is 23.9 Å². The molecule has 0 aliphatic carbocycles. The summed E-state index contributed by atoms with van der Waals surface area (Å²) in [7, 11) is 0. The minimum absolute atomic E-state index is 0.00338. The summed E-state index contributed by atoms with van der Waals surface area (Å²) in [6.45, 7) is 1.98. The van der Waals surface area contributed by atoms with E-state index in [4.69, 9.17) is 9.47 Å². The van der Waals surface area contributed by atoms with Crippen molar-refractivity contribution in [2.45, 2.75) is 38.1 Å². The number of fused-ring (bicyclic) bond motifs is 2. The first-order chi connectivity index (χ1) is 17.7. The number of rotatable bonds is 5. The van der Waals surface area contributed by atoms with Crippen molar-refractivity contribution in [1.29, 1.82) is 0 Å². The molecule has 2 aromatic carbocycles. The number of aryl methyl sites for hydroxylation is 1. The molecule has 1 saturated heterocycles. The van der Waals surface area contributed by atoms with Gasteiger partial charge in [-0.25, -0.2) is 9.67 Å². The van der Waals surface area contributed by atoms with Crippen LogP contribution in [-0.2, 0) is 11.2 Å². The molecule has 0 unspecified atom stereocenters. The molecule has 0 radical (unpaired) electrons. The topological polar surface area (TPSA) is 102 Å². The standard InChI is InChI=1S/C27H27N5O4/c33-25(31-13-4-8-21(31)18-9-10-22-23(16-18)36-15-5-14-35-22)12-11-24-29-26-20(27(34)30-24)17-28-32(26)19-6-2-1-3-7-19/h1-3,6-7,9-10,16-17,21H,4-5,8,11-15H2,(H,29,30,34)/t21-/m1/s1. The summed E-state index contributed by atoms with van der Waals surface area (Å²) >= 11 is 0. The summed E-state index contributed by atoms with van der Waals surface area (Å²) < 4.78 is 13.3. The number of benzene rings is 2. The highest BCUT2D eigenvalue weighted by atomic mass is 16.5. The zero-order chi connectivity index (χ0) is 24.5. The van der Waals surface area contributed by atoms with E-state index in [1.54, 1.807) is 4.68 Å². The predicted octanol–water partition coefficient (Wildman–Crippen LogP) is 3.57. The van der Waals surface area contributed by atoms with Gasteiger partial charge in [0, 0.05) is 25.8 Å². The molecule has 0 spiro atoms. The van der Waals surface area contributed by atoms with Gasteiger partial charge >= 0.3 is 0 Å². The highest BCUT2D eigenvalue weighted by Crippen LogP contribution is 2.38. The lowest BCUT2D eigenvalue weighted by molar-refractivity contribution is -0.132. The average molecular weight is 486 g/mol. The van der Waals surface area contributed by atoms with Crippen molar-refractivity contribution in [1.82, 2.24) is 24.6 Å². The second-order valence-corrected chi connectivity index (χ2v) is 9.14. The lowest BCUT2D eigenvalue weighted by Gasteiger charge is -2.25. The molecule has 1 amide bonds. The Labute approximate surface area is 207 Å². The smallest absolute Gasteiger partial charge is 0.262 e. The molecule has 1 fully saturated rings. The average Bonchev–Trinajstić information content (AvgIpc) is 3.50. The minimum atomic E-state index is -0.254. The molecular formula is C27H27N5O4. The van der Waals surface area contributed by atoms with Crippen LogP contribution in [-0.4, -0.2) is 50.3 Å². The van der Waals surface area contributed by atoms with Gasteiger partial charge in [-0.15, -0.1) is 0 Å². The first kappa shape index (κ1) is 22.3. The Balaban J connectivity index is 1.20. The van der Waals surface area contributed by atoms with Gasteiger partial charge in [0.25, 0.3) is 5.56 Å². The summed E-state index contributed by atoms with van der Waals surface area (Å²) in [5, 5.41) is 4.76. The van der Waals surface area contributed by atoms with Crippen LogP contribution in [0.2, 0.25) is 0 Å². The summed E-state index contributed by atoms with van der Waals surface area (Å²) in [5.74, 6) is 2.02. The number of ether oxygens (including phenoxy) is 2. The quantitative estimate of drug-likeness (QED) is 0.464. The Kier molecular flexibility index (Phi) is 5.88. The maximum Gasteiger partial charge on any atom is 0.262 e. The van der Waals surface area contributed by atoms with E-state index in [2.05, 4.69) is 15.1 Å². The molecule has 9 nitrogen and oxygen atoms in total. The summed E-state index contributed by atoms with van der Waals surface area (Å²) in [4.78, 5) is 35.3. The first-order valence-electron chi connectivity index (χ1n) is 12.4. The van der Waals surface area contributed by atoms with Gasteiger partial charge in [0.2, 0.25) is 5.91 Å². The lowest BCUT2D eigenvalue weighted by atomic mass is 10.0. The van der Waals surface area contributed by atoms with E-state index in [1.165, 1.54) is 6.20 Å². The van der Waals surface area contributed by atoms with Gasteiger partial charge in [-0.2, -0.15) is 5.10 Å². The first-order valence-corrected chi connectivity index (χ1v) is 12.4. The number of aromatic amines is 1. The highest BCUT2D eigenvalue weighted by Gasteiger charge is 2.30. The molecule has 9 heteroatoms. The second kappa shape index (κ2) is 9.49. The molecular weight excluding hydrogens is 458 g/mol.